The van der Waals surface area contributed by atoms with Gasteiger partial charge in [0.15, 0.2) is 6.61 Å². The molecule has 0 radical (unpaired) electrons. The average Bonchev–Trinajstić information content (AvgIpc) is 2.79. The van der Waals surface area contributed by atoms with Gasteiger partial charge >= 0.3 is 12.1 Å². The molecule has 0 bridgehead atoms. The number of rotatable bonds is 9. The third-order valence-corrected chi connectivity index (χ3v) is 8.13. The molecule has 3 rings (SSSR count). The van der Waals surface area contributed by atoms with Crippen molar-refractivity contribution in [3.05, 3.63) is 53.1 Å². The van der Waals surface area contributed by atoms with E-state index >= 15 is 0 Å². The van der Waals surface area contributed by atoms with Gasteiger partial charge in [-0.1, -0.05) is 25.7 Å². The molecular weight excluding hydrogens is 543 g/mol. The number of carboxylic acid groups (broad SMARTS) is 1. The zero-order valence-corrected chi connectivity index (χ0v) is 22.6. The standard InChI is InChI=1S/C26H29F5N2O5Si/c1-39(2,3)24-19(27)12-16(13-20(24)28)32-25(37)23-18-8-7-17(38-14-26(29,30)31)11-15(18)9-10-33(23)21(34)5-4-6-22(35)36/h7-8,11-13,23H,4-6,9-10,14H2,1-3H3,(H,32,37)(H,35,36)/t23-/m1/s1. The fraction of sp³-hybridized carbons (Fsp3) is 0.423. The van der Waals surface area contributed by atoms with Crippen molar-refractivity contribution in [2.75, 3.05) is 18.5 Å². The predicted molar refractivity (Wildman–Crippen MR) is 136 cm³/mol. The number of benzene rings is 2. The van der Waals surface area contributed by atoms with Gasteiger partial charge in [0, 0.05) is 30.3 Å². The Kier molecular flexibility index (Phi) is 9.04. The third kappa shape index (κ3) is 7.77. The summed E-state index contributed by atoms with van der Waals surface area (Å²) >= 11 is 0. The Bertz CT molecular complexity index is 1240. The van der Waals surface area contributed by atoms with Crippen molar-refractivity contribution < 1.29 is 46.2 Å². The average molecular weight is 573 g/mol. The largest absolute Gasteiger partial charge is 0.484 e. The molecule has 13 heteroatoms. The minimum atomic E-state index is -4.55. The minimum Gasteiger partial charge on any atom is -0.484 e. The molecule has 1 aliphatic rings. The van der Waals surface area contributed by atoms with Crippen molar-refractivity contribution in [3.63, 3.8) is 0 Å². The lowest BCUT2D eigenvalue weighted by Crippen LogP contribution is -2.45. The fourth-order valence-corrected chi connectivity index (χ4v) is 6.09. The van der Waals surface area contributed by atoms with Crippen LogP contribution in [0.15, 0.2) is 30.3 Å². The van der Waals surface area contributed by atoms with Crippen LogP contribution in [0.4, 0.5) is 27.6 Å². The van der Waals surface area contributed by atoms with Crippen molar-refractivity contribution in [2.24, 2.45) is 0 Å². The van der Waals surface area contributed by atoms with Crippen LogP contribution in [0.1, 0.15) is 36.4 Å². The van der Waals surface area contributed by atoms with Crippen LogP contribution in [0.25, 0.3) is 0 Å². The SMILES string of the molecule is C[Si](C)(C)c1c(F)cc(NC(=O)[C@H]2c3ccc(OCC(F)(F)F)cc3CCN2C(=O)CCCC(=O)O)cc1F. The lowest BCUT2D eigenvalue weighted by molar-refractivity contribution is -0.153. The van der Waals surface area contributed by atoms with E-state index in [1.54, 1.807) is 19.6 Å². The van der Waals surface area contributed by atoms with E-state index in [4.69, 9.17) is 9.84 Å². The van der Waals surface area contributed by atoms with E-state index in [0.717, 1.165) is 12.1 Å². The first-order chi connectivity index (χ1) is 18.1. The van der Waals surface area contributed by atoms with E-state index in [0.29, 0.717) is 11.1 Å². The second kappa shape index (κ2) is 11.7. The maximum absolute atomic E-state index is 14.8. The first kappa shape index (κ1) is 30.1. The lowest BCUT2D eigenvalue weighted by Gasteiger charge is -2.36. The molecule has 1 heterocycles. The first-order valence-corrected chi connectivity index (χ1v) is 15.7. The Labute approximate surface area is 223 Å². The number of amides is 2. The first-order valence-electron chi connectivity index (χ1n) is 12.2. The van der Waals surface area contributed by atoms with E-state index in [2.05, 4.69) is 5.32 Å². The van der Waals surface area contributed by atoms with Crippen molar-refractivity contribution in [1.29, 1.82) is 0 Å². The van der Waals surface area contributed by atoms with Gasteiger partial charge in [0.1, 0.15) is 23.4 Å². The number of alkyl halides is 3. The molecule has 212 valence electrons. The molecule has 39 heavy (non-hydrogen) atoms. The number of fused-ring (bicyclic) bond motifs is 1. The van der Waals surface area contributed by atoms with Crippen molar-refractivity contribution in [1.82, 2.24) is 4.90 Å². The number of anilines is 1. The zero-order chi connectivity index (χ0) is 29.1. The molecule has 7 nitrogen and oxygen atoms in total. The molecule has 0 aliphatic carbocycles. The number of nitrogens with zero attached hydrogens (tertiary/aromatic N) is 1. The number of nitrogens with one attached hydrogen (secondary N) is 1. The van der Waals surface area contributed by atoms with E-state index in [9.17, 15) is 36.3 Å². The molecule has 0 spiro atoms. The van der Waals surface area contributed by atoms with E-state index in [-0.39, 0.29) is 48.9 Å². The Morgan fingerprint density at radius 2 is 1.72 bits per heavy atom. The number of hydrogen-bond donors (Lipinski definition) is 2. The minimum absolute atomic E-state index is 0.0109. The van der Waals surface area contributed by atoms with E-state index in [1.165, 1.54) is 23.1 Å². The number of carbonyl (C=O) groups is 3. The quantitative estimate of drug-likeness (QED) is 0.334. The van der Waals surface area contributed by atoms with Crippen LogP contribution < -0.4 is 15.2 Å². The van der Waals surface area contributed by atoms with Gasteiger partial charge in [0.05, 0.1) is 8.07 Å². The molecular formula is C26H29F5N2O5Si. The smallest absolute Gasteiger partial charge is 0.422 e. The molecule has 2 N–H and O–H groups in total. The maximum Gasteiger partial charge on any atom is 0.422 e. The van der Waals surface area contributed by atoms with Crippen molar-refractivity contribution in [3.8, 4) is 5.75 Å². The highest BCUT2D eigenvalue weighted by atomic mass is 28.3. The summed E-state index contributed by atoms with van der Waals surface area (Å²) < 4.78 is 72.1. The summed E-state index contributed by atoms with van der Waals surface area (Å²) in [7, 11) is -2.38. The van der Waals surface area contributed by atoms with E-state index < -0.39 is 56.3 Å². The molecule has 2 amide bonds. The fourth-order valence-electron chi connectivity index (χ4n) is 4.52. The maximum atomic E-state index is 14.8. The van der Waals surface area contributed by atoms with Gasteiger partial charge in [-0.3, -0.25) is 14.4 Å². The number of ether oxygens (including phenoxy) is 1. The second-order valence-corrected chi connectivity index (χ2v) is 15.3. The Morgan fingerprint density at radius 1 is 1.08 bits per heavy atom. The van der Waals surface area contributed by atoms with Crippen LogP contribution in [-0.4, -0.2) is 55.2 Å². The number of halogens is 5. The van der Waals surface area contributed by atoms with Gasteiger partial charge in [0.2, 0.25) is 5.91 Å². The summed E-state index contributed by atoms with van der Waals surface area (Å²) in [6.07, 6.45) is -4.74. The number of carboxylic acids is 1. The third-order valence-electron chi connectivity index (χ3n) is 6.15. The van der Waals surface area contributed by atoms with Crippen molar-refractivity contribution in [2.45, 2.75) is 57.5 Å². The van der Waals surface area contributed by atoms with E-state index in [1.807, 2.05) is 0 Å². The topological polar surface area (TPSA) is 95.9 Å². The summed E-state index contributed by atoms with van der Waals surface area (Å²) in [6, 6.07) is 4.71. The van der Waals surface area contributed by atoms with Crippen LogP contribution in [0.5, 0.6) is 5.75 Å². The Balaban J connectivity index is 1.93. The van der Waals surface area contributed by atoms with Gasteiger partial charge in [-0.25, -0.2) is 8.78 Å². The van der Waals surface area contributed by atoms with Gasteiger partial charge in [-0.15, -0.1) is 0 Å². The highest BCUT2D eigenvalue weighted by Gasteiger charge is 2.37. The van der Waals surface area contributed by atoms with Crippen LogP contribution in [0, 0.1) is 11.6 Å². The molecule has 0 aromatic heterocycles. The molecule has 2 aromatic rings. The van der Waals surface area contributed by atoms with Gasteiger partial charge in [-0.2, -0.15) is 13.2 Å². The molecule has 0 unspecified atom stereocenters. The monoisotopic (exact) mass is 572 g/mol. The zero-order valence-electron chi connectivity index (χ0n) is 21.6. The highest BCUT2D eigenvalue weighted by Crippen LogP contribution is 2.34. The van der Waals surface area contributed by atoms with Crippen LogP contribution in [-0.2, 0) is 20.8 Å². The molecule has 1 atom stereocenters. The molecule has 2 aromatic carbocycles. The normalized spacial score (nSPS) is 15.5. The Morgan fingerprint density at radius 3 is 2.28 bits per heavy atom. The molecule has 0 fully saturated rings. The summed E-state index contributed by atoms with van der Waals surface area (Å²) in [5.41, 5.74) is 0.618. The highest BCUT2D eigenvalue weighted by molar-refractivity contribution is 6.88. The predicted octanol–water partition coefficient (Wildman–Crippen LogP) is 4.77. The molecule has 1 aliphatic heterocycles. The summed E-state index contributed by atoms with van der Waals surface area (Å²) in [5.74, 6) is -4.06. The molecule has 0 saturated carbocycles. The lowest BCUT2D eigenvalue weighted by atomic mass is 9.91. The van der Waals surface area contributed by atoms with Crippen molar-refractivity contribution >= 4 is 36.7 Å². The summed E-state index contributed by atoms with van der Waals surface area (Å²) in [5, 5.41) is 11.3. The number of aliphatic carboxylic acids is 1. The van der Waals surface area contributed by atoms with Crippen LogP contribution in [0.3, 0.4) is 0 Å². The van der Waals surface area contributed by atoms with Gasteiger partial charge in [-0.05, 0) is 48.2 Å². The van der Waals surface area contributed by atoms with Crippen LogP contribution >= 0.6 is 0 Å². The van der Waals surface area contributed by atoms with Crippen LogP contribution in [0.2, 0.25) is 19.6 Å². The van der Waals surface area contributed by atoms with Gasteiger partial charge < -0.3 is 20.1 Å². The van der Waals surface area contributed by atoms with Gasteiger partial charge in [0.25, 0.3) is 5.91 Å². The molecule has 0 saturated heterocycles. The number of carbonyl (C=O) groups excluding carboxylic acids is 2. The Hall–Kier alpha value is -3.48. The summed E-state index contributed by atoms with van der Waals surface area (Å²) in [4.78, 5) is 38.5. The summed E-state index contributed by atoms with van der Waals surface area (Å²) in [6.45, 7) is 3.82. The number of hydrogen-bond acceptors (Lipinski definition) is 4. The second-order valence-electron chi connectivity index (χ2n) is 10.3.